The highest BCUT2D eigenvalue weighted by molar-refractivity contribution is 5.79. The molecule has 2 heterocycles. The van der Waals surface area contributed by atoms with Crippen LogP contribution < -0.4 is 5.32 Å². The van der Waals surface area contributed by atoms with Gasteiger partial charge in [0, 0.05) is 19.6 Å². The summed E-state index contributed by atoms with van der Waals surface area (Å²) in [7, 11) is 0. The van der Waals surface area contributed by atoms with Crippen LogP contribution in [0.5, 0.6) is 0 Å². The maximum Gasteiger partial charge on any atom is 0.227 e. The van der Waals surface area contributed by atoms with E-state index in [1.165, 1.54) is 0 Å². The van der Waals surface area contributed by atoms with Crippen molar-refractivity contribution in [3.63, 3.8) is 0 Å². The van der Waals surface area contributed by atoms with Crippen LogP contribution in [0.2, 0.25) is 0 Å². The van der Waals surface area contributed by atoms with Crippen molar-refractivity contribution in [2.45, 2.75) is 6.42 Å². The van der Waals surface area contributed by atoms with Gasteiger partial charge >= 0.3 is 0 Å². The van der Waals surface area contributed by atoms with E-state index >= 15 is 0 Å². The van der Waals surface area contributed by atoms with E-state index in [4.69, 9.17) is 4.74 Å². The van der Waals surface area contributed by atoms with Crippen LogP contribution in [0.3, 0.4) is 0 Å². The predicted octanol–water partition coefficient (Wildman–Crippen LogP) is -0.545. The lowest BCUT2D eigenvalue weighted by molar-refractivity contribution is -0.139. The third kappa shape index (κ3) is 2.00. The van der Waals surface area contributed by atoms with Crippen LogP contribution in [-0.4, -0.2) is 50.2 Å². The number of morpholine rings is 1. The van der Waals surface area contributed by atoms with E-state index in [-0.39, 0.29) is 5.92 Å². The molecule has 2 fully saturated rings. The highest BCUT2D eigenvalue weighted by atomic mass is 16.5. The number of carbonyl (C=O) groups is 1. The van der Waals surface area contributed by atoms with Crippen LogP contribution in [0, 0.1) is 5.92 Å². The van der Waals surface area contributed by atoms with Gasteiger partial charge in [0.2, 0.25) is 5.91 Å². The summed E-state index contributed by atoms with van der Waals surface area (Å²) >= 11 is 0. The van der Waals surface area contributed by atoms with Gasteiger partial charge in [-0.1, -0.05) is 0 Å². The number of carbonyl (C=O) groups excluding carboxylic acids is 1. The summed E-state index contributed by atoms with van der Waals surface area (Å²) in [6.45, 7) is 4.79. The molecule has 2 rings (SSSR count). The smallest absolute Gasteiger partial charge is 0.227 e. The minimum Gasteiger partial charge on any atom is -0.378 e. The quantitative estimate of drug-likeness (QED) is 0.595. The summed E-state index contributed by atoms with van der Waals surface area (Å²) in [6.07, 6.45) is 0.996. The van der Waals surface area contributed by atoms with Crippen molar-refractivity contribution in [2.75, 3.05) is 39.4 Å². The fraction of sp³-hybridized carbons (Fsp3) is 0.889. The van der Waals surface area contributed by atoms with Gasteiger partial charge in [0.1, 0.15) is 0 Å². The Bertz CT molecular complexity index is 184. The molecule has 2 aliphatic heterocycles. The van der Waals surface area contributed by atoms with E-state index < -0.39 is 0 Å². The van der Waals surface area contributed by atoms with Crippen molar-refractivity contribution in [2.24, 2.45) is 5.92 Å². The molecule has 0 radical (unpaired) electrons. The monoisotopic (exact) mass is 184 g/mol. The molecular weight excluding hydrogens is 168 g/mol. The molecule has 0 aromatic carbocycles. The molecule has 0 bridgehead atoms. The average Bonchev–Trinajstić information content (AvgIpc) is 2.71. The molecule has 4 heteroatoms. The molecule has 0 spiro atoms. The van der Waals surface area contributed by atoms with E-state index in [0.29, 0.717) is 19.1 Å². The van der Waals surface area contributed by atoms with Gasteiger partial charge in [-0.25, -0.2) is 0 Å². The van der Waals surface area contributed by atoms with Crippen LogP contribution in [0.15, 0.2) is 0 Å². The number of nitrogens with one attached hydrogen (secondary N) is 1. The summed E-state index contributed by atoms with van der Waals surface area (Å²) in [5.41, 5.74) is 0. The fourth-order valence-corrected chi connectivity index (χ4v) is 1.91. The van der Waals surface area contributed by atoms with Gasteiger partial charge in [-0.05, 0) is 13.0 Å². The lowest BCUT2D eigenvalue weighted by Crippen LogP contribution is -2.44. The molecular formula is C9H16N2O2. The molecule has 2 aliphatic rings. The highest BCUT2D eigenvalue weighted by Crippen LogP contribution is 2.12. The first-order valence-corrected chi connectivity index (χ1v) is 4.95. The maximum absolute atomic E-state index is 11.8. The molecule has 0 aromatic heterocycles. The second-order valence-corrected chi connectivity index (χ2v) is 3.63. The first-order chi connectivity index (χ1) is 6.38. The third-order valence-electron chi connectivity index (χ3n) is 2.73. The molecule has 0 aromatic rings. The largest absolute Gasteiger partial charge is 0.378 e. The fourth-order valence-electron chi connectivity index (χ4n) is 1.91. The van der Waals surface area contributed by atoms with Crippen molar-refractivity contribution in [3.8, 4) is 0 Å². The number of rotatable bonds is 1. The molecule has 13 heavy (non-hydrogen) atoms. The summed E-state index contributed by atoms with van der Waals surface area (Å²) in [5.74, 6) is 0.534. The molecule has 0 aliphatic carbocycles. The van der Waals surface area contributed by atoms with E-state index in [9.17, 15) is 4.79 Å². The van der Waals surface area contributed by atoms with Crippen molar-refractivity contribution in [3.05, 3.63) is 0 Å². The molecule has 1 unspecified atom stereocenters. The minimum atomic E-state index is 0.220. The second kappa shape index (κ2) is 4.07. The van der Waals surface area contributed by atoms with Gasteiger partial charge in [0.25, 0.3) is 0 Å². The van der Waals surface area contributed by atoms with Gasteiger partial charge < -0.3 is 15.0 Å². The topological polar surface area (TPSA) is 41.6 Å². The van der Waals surface area contributed by atoms with Crippen molar-refractivity contribution < 1.29 is 9.53 Å². The molecule has 1 amide bonds. The predicted molar refractivity (Wildman–Crippen MR) is 48.4 cm³/mol. The van der Waals surface area contributed by atoms with Crippen molar-refractivity contribution in [1.82, 2.24) is 10.2 Å². The van der Waals surface area contributed by atoms with Gasteiger partial charge in [-0.2, -0.15) is 0 Å². The van der Waals surface area contributed by atoms with E-state index in [2.05, 4.69) is 5.32 Å². The minimum absolute atomic E-state index is 0.220. The lowest BCUT2D eigenvalue weighted by Gasteiger charge is -2.28. The Labute approximate surface area is 78.2 Å². The number of hydrogen-bond acceptors (Lipinski definition) is 3. The average molecular weight is 184 g/mol. The van der Waals surface area contributed by atoms with Crippen molar-refractivity contribution in [1.29, 1.82) is 0 Å². The van der Waals surface area contributed by atoms with Crippen LogP contribution >= 0.6 is 0 Å². The summed E-state index contributed by atoms with van der Waals surface area (Å²) in [6, 6.07) is 0. The van der Waals surface area contributed by atoms with Crippen LogP contribution in [-0.2, 0) is 9.53 Å². The van der Waals surface area contributed by atoms with E-state index in [0.717, 1.165) is 32.6 Å². The lowest BCUT2D eigenvalue weighted by atomic mass is 10.1. The summed E-state index contributed by atoms with van der Waals surface area (Å²) < 4.78 is 5.20. The van der Waals surface area contributed by atoms with Crippen molar-refractivity contribution >= 4 is 5.91 Å². The van der Waals surface area contributed by atoms with Gasteiger partial charge in [-0.15, -0.1) is 0 Å². The Morgan fingerprint density at radius 2 is 2.15 bits per heavy atom. The zero-order valence-electron chi connectivity index (χ0n) is 7.79. The standard InChI is InChI=1S/C9H16N2O2/c12-9(8-1-2-10-7-8)11-3-5-13-6-4-11/h8,10H,1-7H2. The molecule has 1 N–H and O–H groups in total. The summed E-state index contributed by atoms with van der Waals surface area (Å²) in [4.78, 5) is 13.8. The molecule has 4 nitrogen and oxygen atoms in total. The molecule has 1 atom stereocenters. The molecule has 2 saturated heterocycles. The molecule has 0 saturated carbocycles. The first kappa shape index (κ1) is 8.97. The first-order valence-electron chi connectivity index (χ1n) is 4.95. The Balaban J connectivity index is 1.87. The SMILES string of the molecule is O=C(C1CCNC1)N1CCOCC1. The molecule has 74 valence electrons. The van der Waals surface area contributed by atoms with Crippen LogP contribution in [0.25, 0.3) is 0 Å². The Morgan fingerprint density at radius 3 is 2.77 bits per heavy atom. The zero-order valence-corrected chi connectivity index (χ0v) is 7.79. The maximum atomic E-state index is 11.8. The van der Waals surface area contributed by atoms with Gasteiger partial charge in [0.05, 0.1) is 19.1 Å². The Kier molecular flexibility index (Phi) is 2.80. The Morgan fingerprint density at radius 1 is 1.38 bits per heavy atom. The number of ether oxygens (including phenoxy) is 1. The third-order valence-corrected chi connectivity index (χ3v) is 2.73. The Hall–Kier alpha value is -0.610. The number of nitrogens with zero attached hydrogens (tertiary/aromatic N) is 1. The zero-order chi connectivity index (χ0) is 9.10. The number of amides is 1. The van der Waals surface area contributed by atoms with Crippen LogP contribution in [0.4, 0.5) is 0 Å². The van der Waals surface area contributed by atoms with Gasteiger partial charge in [-0.3, -0.25) is 4.79 Å². The van der Waals surface area contributed by atoms with E-state index in [1.807, 2.05) is 4.90 Å². The summed E-state index contributed by atoms with van der Waals surface area (Å²) in [5, 5.41) is 3.21. The van der Waals surface area contributed by atoms with Crippen LogP contribution in [0.1, 0.15) is 6.42 Å². The number of hydrogen-bond donors (Lipinski definition) is 1. The van der Waals surface area contributed by atoms with E-state index in [1.54, 1.807) is 0 Å². The normalized spacial score (nSPS) is 29.2. The highest BCUT2D eigenvalue weighted by Gasteiger charge is 2.27. The second-order valence-electron chi connectivity index (χ2n) is 3.63. The van der Waals surface area contributed by atoms with Gasteiger partial charge in [0.15, 0.2) is 0 Å².